The summed E-state index contributed by atoms with van der Waals surface area (Å²) in [7, 11) is 0. The number of hydrogen-bond donors (Lipinski definition) is 2. The Labute approximate surface area is 132 Å². The van der Waals surface area contributed by atoms with Crippen molar-refractivity contribution in [2.45, 2.75) is 13.8 Å². The largest absolute Gasteiger partial charge is 0.384 e. The lowest BCUT2D eigenvalue weighted by atomic mass is 10.1. The smallest absolute Gasteiger partial charge is 0.161 e. The highest BCUT2D eigenvalue weighted by Gasteiger charge is 2.18. The molecule has 2 rings (SSSR count). The molecular formula is C16H17BrFN3. The first-order chi connectivity index (χ1) is 9.95. The molecule has 0 saturated heterocycles. The van der Waals surface area contributed by atoms with Crippen LogP contribution in [0.4, 0.5) is 15.8 Å². The van der Waals surface area contributed by atoms with Gasteiger partial charge < -0.3 is 10.6 Å². The van der Waals surface area contributed by atoms with Gasteiger partial charge in [0, 0.05) is 17.8 Å². The highest BCUT2D eigenvalue weighted by molar-refractivity contribution is 9.10. The Bertz CT molecular complexity index is 685. The number of nitrogens with zero attached hydrogens (tertiary/aromatic N) is 1. The quantitative estimate of drug-likeness (QED) is 0.637. The molecule has 0 atom stereocenters. The van der Waals surface area contributed by atoms with Crippen molar-refractivity contribution in [1.82, 2.24) is 0 Å². The minimum Gasteiger partial charge on any atom is -0.384 e. The van der Waals surface area contributed by atoms with Gasteiger partial charge in [-0.15, -0.1) is 0 Å². The van der Waals surface area contributed by atoms with E-state index in [2.05, 4.69) is 15.9 Å². The van der Waals surface area contributed by atoms with E-state index in [-0.39, 0.29) is 10.3 Å². The second kappa shape index (κ2) is 6.26. The lowest BCUT2D eigenvalue weighted by Crippen LogP contribution is -2.19. The molecule has 5 heteroatoms. The summed E-state index contributed by atoms with van der Waals surface area (Å²) in [4.78, 5) is 1.89. The van der Waals surface area contributed by atoms with Gasteiger partial charge in [-0.1, -0.05) is 12.1 Å². The van der Waals surface area contributed by atoms with Gasteiger partial charge in [0.1, 0.15) is 5.84 Å². The number of anilines is 2. The molecule has 0 saturated carbocycles. The van der Waals surface area contributed by atoms with Crippen LogP contribution in [0.25, 0.3) is 0 Å². The maximum Gasteiger partial charge on any atom is 0.161 e. The van der Waals surface area contributed by atoms with Crippen LogP contribution in [0.2, 0.25) is 0 Å². The van der Waals surface area contributed by atoms with Crippen molar-refractivity contribution in [2.75, 3.05) is 11.4 Å². The lowest BCUT2D eigenvalue weighted by Gasteiger charge is -2.25. The molecule has 0 aliphatic rings. The first-order valence-electron chi connectivity index (χ1n) is 6.62. The predicted octanol–water partition coefficient (Wildman–Crippen LogP) is 4.34. The van der Waals surface area contributed by atoms with Crippen LogP contribution in [0.15, 0.2) is 40.9 Å². The van der Waals surface area contributed by atoms with Crippen LogP contribution in [0.5, 0.6) is 0 Å². The summed E-state index contributed by atoms with van der Waals surface area (Å²) in [6.45, 7) is 4.60. The van der Waals surface area contributed by atoms with Crippen LogP contribution in [-0.2, 0) is 0 Å². The van der Waals surface area contributed by atoms with Crippen molar-refractivity contribution in [3.63, 3.8) is 0 Å². The standard InChI is InChI=1S/C16H17BrFN3/c1-3-21(11-6-4-5-10(2)9-11)13-8-7-12(16(19)20)14(17)15(13)18/h4-9H,3H2,1-2H3,(H3,19,20). The summed E-state index contributed by atoms with van der Waals surface area (Å²) in [6, 6.07) is 11.2. The molecule has 110 valence electrons. The Kier molecular flexibility index (Phi) is 4.63. The van der Waals surface area contributed by atoms with Gasteiger partial charge in [-0.25, -0.2) is 4.39 Å². The molecule has 0 aliphatic carbocycles. The van der Waals surface area contributed by atoms with Crippen molar-refractivity contribution in [1.29, 1.82) is 5.41 Å². The van der Waals surface area contributed by atoms with Gasteiger partial charge in [-0.05, 0) is 59.6 Å². The van der Waals surface area contributed by atoms with Gasteiger partial charge in [0.2, 0.25) is 0 Å². The third-order valence-electron chi connectivity index (χ3n) is 3.27. The summed E-state index contributed by atoms with van der Waals surface area (Å²) in [5.41, 5.74) is 8.31. The number of nitrogen functional groups attached to an aromatic ring is 1. The van der Waals surface area contributed by atoms with Crippen molar-refractivity contribution in [2.24, 2.45) is 5.73 Å². The number of halogens is 2. The maximum atomic E-state index is 14.6. The highest BCUT2D eigenvalue weighted by Crippen LogP contribution is 2.33. The molecule has 0 unspecified atom stereocenters. The average Bonchev–Trinajstić information content (AvgIpc) is 2.44. The minimum absolute atomic E-state index is 0.161. The Morgan fingerprint density at radius 3 is 2.62 bits per heavy atom. The second-order valence-corrected chi connectivity index (χ2v) is 5.55. The monoisotopic (exact) mass is 349 g/mol. The summed E-state index contributed by atoms with van der Waals surface area (Å²) in [5, 5.41) is 7.46. The van der Waals surface area contributed by atoms with Crippen LogP contribution < -0.4 is 10.6 Å². The predicted molar refractivity (Wildman–Crippen MR) is 89.0 cm³/mol. The summed E-state index contributed by atoms with van der Waals surface area (Å²) in [6.07, 6.45) is 0. The van der Waals surface area contributed by atoms with Gasteiger partial charge in [-0.3, -0.25) is 5.41 Å². The Morgan fingerprint density at radius 1 is 1.33 bits per heavy atom. The molecule has 3 nitrogen and oxygen atoms in total. The summed E-state index contributed by atoms with van der Waals surface area (Å²) < 4.78 is 14.8. The van der Waals surface area contributed by atoms with E-state index in [1.54, 1.807) is 12.1 Å². The number of aryl methyl sites for hydroxylation is 1. The fourth-order valence-electron chi connectivity index (χ4n) is 2.24. The molecule has 21 heavy (non-hydrogen) atoms. The normalized spacial score (nSPS) is 10.5. The molecular weight excluding hydrogens is 333 g/mol. The first kappa shape index (κ1) is 15.5. The molecule has 0 spiro atoms. The molecule has 0 radical (unpaired) electrons. The SMILES string of the molecule is CCN(c1cccc(C)c1)c1ccc(C(=N)N)c(Br)c1F. The molecule has 2 aromatic carbocycles. The van der Waals surface area contributed by atoms with E-state index < -0.39 is 5.82 Å². The number of benzene rings is 2. The lowest BCUT2D eigenvalue weighted by molar-refractivity contribution is 0.618. The Morgan fingerprint density at radius 2 is 2.05 bits per heavy atom. The van der Waals surface area contributed by atoms with Crippen LogP contribution >= 0.6 is 15.9 Å². The van der Waals surface area contributed by atoms with E-state index >= 15 is 0 Å². The van der Waals surface area contributed by atoms with Crippen molar-refractivity contribution >= 4 is 33.1 Å². The van der Waals surface area contributed by atoms with Crippen molar-refractivity contribution in [3.8, 4) is 0 Å². The van der Waals surface area contributed by atoms with E-state index in [9.17, 15) is 4.39 Å². The fraction of sp³-hybridized carbons (Fsp3) is 0.188. The van der Waals surface area contributed by atoms with Crippen LogP contribution in [-0.4, -0.2) is 12.4 Å². The maximum absolute atomic E-state index is 14.6. The first-order valence-corrected chi connectivity index (χ1v) is 7.41. The van der Waals surface area contributed by atoms with Gasteiger partial charge in [0.25, 0.3) is 0 Å². The third kappa shape index (κ3) is 3.08. The van der Waals surface area contributed by atoms with E-state index in [4.69, 9.17) is 11.1 Å². The number of nitrogens with one attached hydrogen (secondary N) is 1. The second-order valence-electron chi connectivity index (χ2n) is 4.76. The fourth-order valence-corrected chi connectivity index (χ4v) is 2.79. The minimum atomic E-state index is -0.411. The number of hydrogen-bond acceptors (Lipinski definition) is 2. The van der Waals surface area contributed by atoms with Crippen LogP contribution in [0, 0.1) is 18.2 Å². The summed E-state index contributed by atoms with van der Waals surface area (Å²) >= 11 is 3.19. The van der Waals surface area contributed by atoms with Gasteiger partial charge in [0.15, 0.2) is 5.82 Å². The molecule has 0 fully saturated rings. The molecule has 2 aromatic rings. The zero-order valence-corrected chi connectivity index (χ0v) is 13.5. The van der Waals surface area contributed by atoms with Gasteiger partial charge in [-0.2, -0.15) is 0 Å². The Hall–Kier alpha value is -1.88. The van der Waals surface area contributed by atoms with Crippen molar-refractivity contribution < 1.29 is 4.39 Å². The number of amidine groups is 1. The van der Waals surface area contributed by atoms with Gasteiger partial charge >= 0.3 is 0 Å². The number of nitrogens with two attached hydrogens (primary N) is 1. The topological polar surface area (TPSA) is 53.1 Å². The number of rotatable bonds is 4. The molecule has 0 bridgehead atoms. The highest BCUT2D eigenvalue weighted by atomic mass is 79.9. The molecule has 0 aromatic heterocycles. The zero-order valence-electron chi connectivity index (χ0n) is 12.0. The van der Waals surface area contributed by atoms with E-state index in [1.165, 1.54) is 0 Å². The average molecular weight is 350 g/mol. The third-order valence-corrected chi connectivity index (χ3v) is 4.05. The van der Waals surface area contributed by atoms with Crippen LogP contribution in [0.1, 0.15) is 18.1 Å². The zero-order chi connectivity index (χ0) is 15.6. The van der Waals surface area contributed by atoms with Gasteiger partial charge in [0.05, 0.1) is 10.2 Å². The molecule has 0 heterocycles. The molecule has 0 amide bonds. The van der Waals surface area contributed by atoms with Crippen LogP contribution in [0.3, 0.4) is 0 Å². The van der Waals surface area contributed by atoms with Crippen molar-refractivity contribution in [3.05, 3.63) is 57.8 Å². The summed E-state index contributed by atoms with van der Waals surface area (Å²) in [5.74, 6) is -0.572. The Balaban J connectivity index is 2.53. The van der Waals surface area contributed by atoms with E-state index in [1.807, 2.05) is 43.0 Å². The molecule has 0 aliphatic heterocycles. The van der Waals surface area contributed by atoms with E-state index in [0.717, 1.165) is 11.3 Å². The molecule has 3 N–H and O–H groups in total. The van der Waals surface area contributed by atoms with E-state index in [0.29, 0.717) is 17.8 Å².